The van der Waals surface area contributed by atoms with Crippen molar-refractivity contribution in [3.8, 4) is 5.75 Å². The molecule has 0 radical (unpaired) electrons. The van der Waals surface area contributed by atoms with Crippen molar-refractivity contribution in [2.24, 2.45) is 0 Å². The molecule has 33 heavy (non-hydrogen) atoms. The zero-order valence-electron chi connectivity index (χ0n) is 19.9. The smallest absolute Gasteiger partial charge is 0.331 e. The summed E-state index contributed by atoms with van der Waals surface area (Å²) in [5, 5.41) is 30.5. The Balaban J connectivity index is 1.72. The Kier molecular flexibility index (Phi) is 7.07. The lowest BCUT2D eigenvalue weighted by Gasteiger charge is -2.53. The van der Waals surface area contributed by atoms with E-state index in [1.807, 2.05) is 26.0 Å². The molecule has 0 amide bonds. The maximum absolute atomic E-state index is 11.6. The highest BCUT2D eigenvalue weighted by Gasteiger charge is 2.56. The first-order valence-electron chi connectivity index (χ1n) is 11.6. The predicted molar refractivity (Wildman–Crippen MR) is 123 cm³/mol. The first kappa shape index (κ1) is 25.0. The number of hydrogen-bond acceptors (Lipinski definition) is 6. The third-order valence-corrected chi connectivity index (χ3v) is 7.41. The van der Waals surface area contributed by atoms with Gasteiger partial charge >= 0.3 is 5.97 Å². The predicted octanol–water partition coefficient (Wildman–Crippen LogP) is 4.91. The summed E-state index contributed by atoms with van der Waals surface area (Å²) in [5.41, 5.74) is 0.181. The molecule has 1 aliphatic carbocycles. The lowest BCUT2D eigenvalue weighted by Crippen LogP contribution is -2.61. The number of fused-ring (bicyclic) bond motifs is 3. The van der Waals surface area contributed by atoms with Gasteiger partial charge in [-0.25, -0.2) is 4.79 Å². The highest BCUT2D eigenvalue weighted by Crippen LogP contribution is 2.54. The Labute approximate surface area is 194 Å². The van der Waals surface area contributed by atoms with Crippen molar-refractivity contribution in [1.29, 1.82) is 0 Å². The van der Waals surface area contributed by atoms with Crippen molar-refractivity contribution in [3.05, 3.63) is 51.1 Å². The van der Waals surface area contributed by atoms with Crippen molar-refractivity contribution >= 4 is 5.97 Å². The van der Waals surface area contributed by atoms with Gasteiger partial charge in [0.2, 0.25) is 0 Å². The number of ether oxygens (including phenoxy) is 1. The SMILES string of the molecule is CC(C)(CCCCCCO[N+](=O)[O-])c1ccc2c(c1)OC(C)(C)[C@@]1(O)CC=C(C(=O)O)C[C@H]21. The Morgan fingerprint density at radius 2 is 1.97 bits per heavy atom. The van der Waals surface area contributed by atoms with Gasteiger partial charge in [0, 0.05) is 17.1 Å². The van der Waals surface area contributed by atoms with Gasteiger partial charge in [-0.3, -0.25) is 0 Å². The van der Waals surface area contributed by atoms with Crippen LogP contribution in [0.15, 0.2) is 29.8 Å². The number of benzene rings is 1. The Morgan fingerprint density at radius 3 is 2.64 bits per heavy atom. The number of carbonyl (C=O) groups is 1. The molecule has 1 aromatic carbocycles. The fourth-order valence-corrected chi connectivity index (χ4v) is 5.10. The van der Waals surface area contributed by atoms with E-state index in [1.165, 1.54) is 0 Å². The van der Waals surface area contributed by atoms with Crippen LogP contribution in [-0.4, -0.2) is 39.1 Å². The molecule has 0 spiro atoms. The van der Waals surface area contributed by atoms with Gasteiger partial charge in [-0.05, 0) is 56.6 Å². The van der Waals surface area contributed by atoms with E-state index < -0.39 is 22.3 Å². The number of unbranched alkanes of at least 4 members (excludes halogenated alkanes) is 3. The molecular weight excluding hydrogens is 426 g/mol. The summed E-state index contributed by atoms with van der Waals surface area (Å²) in [4.78, 5) is 26.1. The lowest BCUT2D eigenvalue weighted by atomic mass is 9.63. The number of nitrogens with zero attached hydrogens (tertiary/aromatic N) is 1. The molecule has 0 bridgehead atoms. The summed E-state index contributed by atoms with van der Waals surface area (Å²) in [6.45, 7) is 8.23. The fraction of sp³-hybridized carbons (Fsp3) is 0.640. The van der Waals surface area contributed by atoms with E-state index in [0.29, 0.717) is 17.7 Å². The number of aliphatic hydroxyl groups is 1. The van der Waals surface area contributed by atoms with Crippen LogP contribution in [0.2, 0.25) is 0 Å². The number of rotatable bonds is 10. The lowest BCUT2D eigenvalue weighted by molar-refractivity contribution is -0.757. The molecule has 1 aromatic rings. The topological polar surface area (TPSA) is 119 Å². The minimum Gasteiger partial charge on any atom is -0.485 e. The normalized spacial score (nSPS) is 23.5. The molecule has 2 aliphatic rings. The second kappa shape index (κ2) is 9.33. The summed E-state index contributed by atoms with van der Waals surface area (Å²) >= 11 is 0. The third kappa shape index (κ3) is 5.16. The highest BCUT2D eigenvalue weighted by molar-refractivity contribution is 5.87. The van der Waals surface area contributed by atoms with E-state index in [0.717, 1.165) is 36.8 Å². The molecule has 0 saturated carbocycles. The molecule has 2 atom stereocenters. The summed E-state index contributed by atoms with van der Waals surface area (Å²) < 4.78 is 6.32. The molecular formula is C25H35NO7. The van der Waals surface area contributed by atoms with E-state index in [-0.39, 0.29) is 30.8 Å². The molecule has 8 nitrogen and oxygen atoms in total. The second-order valence-electron chi connectivity index (χ2n) is 10.4. The van der Waals surface area contributed by atoms with Gasteiger partial charge in [0.25, 0.3) is 5.09 Å². The van der Waals surface area contributed by atoms with Crippen molar-refractivity contribution in [1.82, 2.24) is 0 Å². The number of aliphatic carboxylic acids is 1. The first-order valence-corrected chi connectivity index (χ1v) is 11.6. The molecule has 182 valence electrons. The molecule has 0 fully saturated rings. The van der Waals surface area contributed by atoms with E-state index >= 15 is 0 Å². The van der Waals surface area contributed by atoms with Crippen molar-refractivity contribution in [2.75, 3.05) is 6.61 Å². The summed E-state index contributed by atoms with van der Waals surface area (Å²) in [6.07, 6.45) is 6.59. The van der Waals surface area contributed by atoms with Crippen LogP contribution in [0.3, 0.4) is 0 Å². The average Bonchev–Trinajstić information content (AvgIpc) is 2.72. The Bertz CT molecular complexity index is 937. The maximum Gasteiger partial charge on any atom is 0.331 e. The Morgan fingerprint density at radius 1 is 1.27 bits per heavy atom. The van der Waals surface area contributed by atoms with Crippen LogP contribution in [0.5, 0.6) is 5.75 Å². The molecule has 1 heterocycles. The zero-order valence-corrected chi connectivity index (χ0v) is 19.9. The largest absolute Gasteiger partial charge is 0.485 e. The monoisotopic (exact) mass is 461 g/mol. The number of carboxylic acids is 1. The molecule has 3 rings (SSSR count). The average molecular weight is 462 g/mol. The summed E-state index contributed by atoms with van der Waals surface area (Å²) in [6, 6.07) is 6.09. The Hall–Kier alpha value is -2.61. The minimum absolute atomic E-state index is 0.105. The first-order chi connectivity index (χ1) is 15.4. The summed E-state index contributed by atoms with van der Waals surface area (Å²) in [7, 11) is 0. The van der Waals surface area contributed by atoms with Gasteiger partial charge < -0.3 is 19.8 Å². The van der Waals surface area contributed by atoms with Gasteiger partial charge in [0.1, 0.15) is 17.0 Å². The maximum atomic E-state index is 11.6. The van der Waals surface area contributed by atoms with Crippen LogP contribution >= 0.6 is 0 Å². The minimum atomic E-state index is -1.17. The van der Waals surface area contributed by atoms with Gasteiger partial charge in [0.15, 0.2) is 0 Å². The quantitative estimate of drug-likeness (QED) is 0.288. The van der Waals surface area contributed by atoms with Crippen molar-refractivity contribution in [2.45, 2.75) is 95.2 Å². The van der Waals surface area contributed by atoms with Crippen LogP contribution in [0.1, 0.15) is 89.7 Å². The van der Waals surface area contributed by atoms with Crippen molar-refractivity contribution in [3.63, 3.8) is 0 Å². The van der Waals surface area contributed by atoms with E-state index in [4.69, 9.17) is 4.74 Å². The highest BCUT2D eigenvalue weighted by atomic mass is 16.9. The van der Waals surface area contributed by atoms with Crippen LogP contribution in [0.4, 0.5) is 0 Å². The van der Waals surface area contributed by atoms with Gasteiger partial charge in [-0.1, -0.05) is 51.3 Å². The van der Waals surface area contributed by atoms with E-state index in [1.54, 1.807) is 6.08 Å². The van der Waals surface area contributed by atoms with Crippen LogP contribution < -0.4 is 4.74 Å². The van der Waals surface area contributed by atoms with Crippen LogP contribution in [0, 0.1) is 10.1 Å². The fourth-order valence-electron chi connectivity index (χ4n) is 5.10. The van der Waals surface area contributed by atoms with Gasteiger partial charge in [-0.2, -0.15) is 0 Å². The van der Waals surface area contributed by atoms with Gasteiger partial charge in [0.05, 0.1) is 6.61 Å². The molecule has 0 aromatic heterocycles. The third-order valence-electron chi connectivity index (χ3n) is 7.41. The van der Waals surface area contributed by atoms with E-state index in [2.05, 4.69) is 24.8 Å². The van der Waals surface area contributed by atoms with Crippen LogP contribution in [0.25, 0.3) is 0 Å². The zero-order chi connectivity index (χ0) is 24.4. The van der Waals surface area contributed by atoms with Crippen LogP contribution in [-0.2, 0) is 15.0 Å². The number of carboxylic acid groups (broad SMARTS) is 1. The van der Waals surface area contributed by atoms with E-state index in [9.17, 15) is 25.1 Å². The van der Waals surface area contributed by atoms with Crippen molar-refractivity contribution < 1.29 is 29.7 Å². The second-order valence-corrected chi connectivity index (χ2v) is 10.4. The number of hydrogen-bond donors (Lipinski definition) is 2. The van der Waals surface area contributed by atoms with Gasteiger partial charge in [-0.15, -0.1) is 10.1 Å². The molecule has 8 heteroatoms. The standard InChI is InChI=1S/C25H35NO7/c1-23(2,12-7-5-6-8-14-32-26(30)31)18-9-10-19-20-15-17(22(27)28)11-13-25(20,29)24(3,4)33-21(19)16-18/h9-11,16,20,29H,5-8,12-15H2,1-4H3,(H,27,28)/t20-,25-/m1/s1. The molecule has 0 saturated heterocycles. The molecule has 1 aliphatic heterocycles. The molecule has 0 unspecified atom stereocenters. The summed E-state index contributed by atoms with van der Waals surface area (Å²) in [5.74, 6) is -0.569. The molecule has 2 N–H and O–H groups in total.